The predicted octanol–water partition coefficient (Wildman–Crippen LogP) is 3.49. The largest absolute Gasteiger partial charge is 0.349 e. The second-order valence-electron chi connectivity index (χ2n) is 3.48. The number of alkyl halides is 1. The molecule has 1 amide bonds. The molecule has 0 fully saturated rings. The molecule has 0 bridgehead atoms. The highest BCUT2D eigenvalue weighted by molar-refractivity contribution is 9.10. The van der Waals surface area contributed by atoms with Crippen LogP contribution in [0.25, 0.3) is 0 Å². The second-order valence-corrected chi connectivity index (χ2v) is 5.19. The van der Waals surface area contributed by atoms with E-state index in [0.717, 1.165) is 11.8 Å². The van der Waals surface area contributed by atoms with Crippen LogP contribution in [-0.2, 0) is 0 Å². The van der Waals surface area contributed by atoms with Crippen LogP contribution in [0.1, 0.15) is 23.7 Å². The zero-order chi connectivity index (χ0) is 12.1. The van der Waals surface area contributed by atoms with Gasteiger partial charge in [0, 0.05) is 15.8 Å². The average molecular weight is 353 g/mol. The van der Waals surface area contributed by atoms with Crippen LogP contribution in [0.15, 0.2) is 22.7 Å². The van der Waals surface area contributed by atoms with Gasteiger partial charge in [-0.1, -0.05) is 31.9 Å². The Hall–Kier alpha value is -0.420. The van der Waals surface area contributed by atoms with Gasteiger partial charge in [-0.3, -0.25) is 4.79 Å². The molecule has 1 atom stereocenters. The van der Waals surface area contributed by atoms with Gasteiger partial charge in [0.1, 0.15) is 5.82 Å². The molecular weight excluding hydrogens is 341 g/mol. The van der Waals surface area contributed by atoms with Crippen molar-refractivity contribution >= 4 is 37.8 Å². The van der Waals surface area contributed by atoms with E-state index in [4.69, 9.17) is 0 Å². The molecule has 5 heteroatoms. The van der Waals surface area contributed by atoms with E-state index in [1.807, 2.05) is 6.92 Å². The molecule has 0 aliphatic carbocycles. The van der Waals surface area contributed by atoms with Crippen molar-refractivity contribution in [2.75, 3.05) is 5.33 Å². The van der Waals surface area contributed by atoms with Gasteiger partial charge in [0.15, 0.2) is 0 Å². The number of amides is 1. The Kier molecular flexibility index (Phi) is 5.41. The third kappa shape index (κ3) is 3.87. The first kappa shape index (κ1) is 13.6. The monoisotopic (exact) mass is 351 g/mol. The summed E-state index contributed by atoms with van der Waals surface area (Å²) < 4.78 is 14.1. The molecule has 1 N–H and O–H groups in total. The van der Waals surface area contributed by atoms with E-state index < -0.39 is 5.82 Å². The van der Waals surface area contributed by atoms with Gasteiger partial charge in [-0.25, -0.2) is 4.39 Å². The van der Waals surface area contributed by atoms with Crippen LogP contribution in [0.5, 0.6) is 0 Å². The molecule has 88 valence electrons. The van der Waals surface area contributed by atoms with Crippen LogP contribution in [0.4, 0.5) is 4.39 Å². The van der Waals surface area contributed by atoms with Crippen LogP contribution in [0.3, 0.4) is 0 Å². The molecule has 2 nitrogen and oxygen atoms in total. The lowest BCUT2D eigenvalue weighted by atomic mass is 10.1. The van der Waals surface area contributed by atoms with Crippen LogP contribution < -0.4 is 5.32 Å². The molecule has 0 saturated heterocycles. The van der Waals surface area contributed by atoms with Crippen molar-refractivity contribution in [3.63, 3.8) is 0 Å². The van der Waals surface area contributed by atoms with Crippen molar-refractivity contribution < 1.29 is 9.18 Å². The van der Waals surface area contributed by atoms with Gasteiger partial charge in [-0.2, -0.15) is 0 Å². The number of benzene rings is 1. The molecule has 16 heavy (non-hydrogen) atoms. The third-order valence-electron chi connectivity index (χ3n) is 2.09. The number of hydrogen-bond donors (Lipinski definition) is 1. The minimum Gasteiger partial charge on any atom is -0.349 e. The highest BCUT2D eigenvalue weighted by Gasteiger charge is 2.14. The van der Waals surface area contributed by atoms with Crippen LogP contribution in [0, 0.1) is 5.82 Å². The normalized spacial score (nSPS) is 12.2. The zero-order valence-corrected chi connectivity index (χ0v) is 11.9. The summed E-state index contributed by atoms with van der Waals surface area (Å²) in [6, 6.07) is 4.33. The molecule has 1 aromatic rings. The minimum atomic E-state index is -0.508. The number of carbonyl (C=O) groups is 1. The fraction of sp³-hybridized carbons (Fsp3) is 0.364. The summed E-state index contributed by atoms with van der Waals surface area (Å²) in [6.45, 7) is 1.88. The first-order valence-electron chi connectivity index (χ1n) is 4.86. The summed E-state index contributed by atoms with van der Waals surface area (Å²) in [5.41, 5.74) is 0.0656. The average Bonchev–Trinajstić information content (AvgIpc) is 2.21. The highest BCUT2D eigenvalue weighted by atomic mass is 79.9. The van der Waals surface area contributed by atoms with Crippen LogP contribution in [0.2, 0.25) is 0 Å². The summed E-state index contributed by atoms with van der Waals surface area (Å²) in [5.74, 6) is -0.890. The Morgan fingerprint density at radius 1 is 1.56 bits per heavy atom. The molecule has 1 unspecified atom stereocenters. The Morgan fingerprint density at radius 2 is 2.25 bits per heavy atom. The topological polar surface area (TPSA) is 29.1 Å². The number of rotatable bonds is 4. The molecule has 0 aliphatic rings. The van der Waals surface area contributed by atoms with Gasteiger partial charge < -0.3 is 5.32 Å². The standard InChI is InChI=1S/C11H12Br2FNO/c1-7(4-5-12)15-11(16)9-6-8(13)2-3-10(9)14/h2-3,6-7H,4-5H2,1H3,(H,15,16). The summed E-state index contributed by atoms with van der Waals surface area (Å²) in [5, 5.41) is 3.54. The molecule has 0 saturated carbocycles. The van der Waals surface area contributed by atoms with Gasteiger partial charge in [0.2, 0.25) is 0 Å². The van der Waals surface area contributed by atoms with E-state index in [1.54, 1.807) is 6.07 Å². The molecule has 0 radical (unpaired) electrons. The number of halogens is 3. The van der Waals surface area contributed by atoms with Crippen LogP contribution in [-0.4, -0.2) is 17.3 Å². The van der Waals surface area contributed by atoms with Gasteiger partial charge >= 0.3 is 0 Å². The molecule has 0 heterocycles. The quantitative estimate of drug-likeness (QED) is 0.825. The number of hydrogen-bond acceptors (Lipinski definition) is 1. The fourth-order valence-corrected chi connectivity index (χ4v) is 2.26. The van der Waals surface area contributed by atoms with E-state index >= 15 is 0 Å². The number of carbonyl (C=O) groups excluding carboxylic acids is 1. The molecule has 0 aromatic heterocycles. The van der Waals surface area contributed by atoms with E-state index in [2.05, 4.69) is 37.2 Å². The Labute approximate surface area is 111 Å². The molecule has 0 spiro atoms. The lowest BCUT2D eigenvalue weighted by Crippen LogP contribution is -2.33. The van der Waals surface area contributed by atoms with Gasteiger partial charge in [-0.05, 0) is 31.5 Å². The Balaban J connectivity index is 2.76. The summed E-state index contributed by atoms with van der Waals surface area (Å²) in [6.07, 6.45) is 0.807. The minimum absolute atomic E-state index is 0.0188. The van der Waals surface area contributed by atoms with Crippen LogP contribution >= 0.6 is 31.9 Å². The van der Waals surface area contributed by atoms with E-state index in [-0.39, 0.29) is 17.5 Å². The smallest absolute Gasteiger partial charge is 0.254 e. The molecule has 0 aliphatic heterocycles. The van der Waals surface area contributed by atoms with Gasteiger partial charge in [-0.15, -0.1) is 0 Å². The van der Waals surface area contributed by atoms with E-state index in [1.165, 1.54) is 12.1 Å². The second kappa shape index (κ2) is 6.35. The lowest BCUT2D eigenvalue weighted by Gasteiger charge is -2.12. The predicted molar refractivity (Wildman–Crippen MR) is 69.4 cm³/mol. The maximum Gasteiger partial charge on any atom is 0.254 e. The molecule has 1 rings (SSSR count). The first-order valence-corrected chi connectivity index (χ1v) is 6.78. The lowest BCUT2D eigenvalue weighted by molar-refractivity contribution is 0.0935. The van der Waals surface area contributed by atoms with Crippen molar-refractivity contribution in [3.05, 3.63) is 34.1 Å². The highest BCUT2D eigenvalue weighted by Crippen LogP contribution is 2.15. The summed E-state index contributed by atoms with van der Waals surface area (Å²) in [7, 11) is 0. The first-order chi connectivity index (χ1) is 7.54. The maximum absolute atomic E-state index is 13.4. The summed E-state index contributed by atoms with van der Waals surface area (Å²) in [4.78, 5) is 11.7. The molecule has 1 aromatic carbocycles. The van der Waals surface area contributed by atoms with E-state index in [9.17, 15) is 9.18 Å². The summed E-state index contributed by atoms with van der Waals surface area (Å²) >= 11 is 6.50. The fourth-order valence-electron chi connectivity index (χ4n) is 1.21. The maximum atomic E-state index is 13.4. The Morgan fingerprint density at radius 3 is 2.88 bits per heavy atom. The van der Waals surface area contributed by atoms with Gasteiger partial charge in [0.25, 0.3) is 5.91 Å². The van der Waals surface area contributed by atoms with Crippen molar-refractivity contribution in [1.29, 1.82) is 0 Å². The molecular formula is C11H12Br2FNO. The number of nitrogens with one attached hydrogen (secondary N) is 1. The van der Waals surface area contributed by atoms with Crippen molar-refractivity contribution in [2.45, 2.75) is 19.4 Å². The third-order valence-corrected chi connectivity index (χ3v) is 3.04. The Bertz CT molecular complexity index is 384. The van der Waals surface area contributed by atoms with E-state index in [0.29, 0.717) is 4.47 Å². The zero-order valence-electron chi connectivity index (χ0n) is 8.77. The van der Waals surface area contributed by atoms with Gasteiger partial charge in [0.05, 0.1) is 5.56 Å². The van der Waals surface area contributed by atoms with Crippen molar-refractivity contribution in [2.24, 2.45) is 0 Å². The SMILES string of the molecule is CC(CCBr)NC(=O)c1cc(Br)ccc1F. The van der Waals surface area contributed by atoms with Crippen molar-refractivity contribution in [1.82, 2.24) is 5.32 Å². The van der Waals surface area contributed by atoms with Crippen molar-refractivity contribution in [3.8, 4) is 0 Å².